The smallest absolute Gasteiger partial charge is 0.325 e. The summed E-state index contributed by atoms with van der Waals surface area (Å²) in [5.41, 5.74) is 6.91. The molecule has 4 N–H and O–H groups in total. The molecule has 0 unspecified atom stereocenters. The Labute approximate surface area is 120 Å². The lowest BCUT2D eigenvalue weighted by Crippen LogP contribution is -2.32. The number of carbonyl (C=O) groups excluding carboxylic acids is 2. The van der Waals surface area contributed by atoms with E-state index in [1.165, 1.54) is 0 Å². The maximum Gasteiger partial charge on any atom is 0.325 e. The summed E-state index contributed by atoms with van der Waals surface area (Å²) < 4.78 is 11.9. The zero-order valence-corrected chi connectivity index (χ0v) is 11.1. The standard InChI is InChI=1S/C14H15FN2O4/c15-12(18)4-5-13(19)17-8-10-3-1-2-9(6-10)7-11(16)14(20)21/h1-6,11H,7-8,16H2,(H,17,19)(H,20,21)/b5-4+/t11-/m0/s1. The number of amides is 1. The third kappa shape index (κ3) is 6.44. The van der Waals surface area contributed by atoms with Gasteiger partial charge in [0.25, 0.3) is 0 Å². The normalized spacial score (nSPS) is 12.1. The van der Waals surface area contributed by atoms with Crippen molar-refractivity contribution in [3.8, 4) is 0 Å². The Morgan fingerprint density at radius 2 is 1.95 bits per heavy atom. The molecule has 0 aromatic heterocycles. The van der Waals surface area contributed by atoms with Crippen molar-refractivity contribution in [1.29, 1.82) is 0 Å². The third-order valence-corrected chi connectivity index (χ3v) is 2.60. The van der Waals surface area contributed by atoms with Crippen LogP contribution in [0, 0.1) is 0 Å². The average Bonchev–Trinajstić information content (AvgIpc) is 2.43. The van der Waals surface area contributed by atoms with Gasteiger partial charge in [0.05, 0.1) is 0 Å². The summed E-state index contributed by atoms with van der Waals surface area (Å²) in [5.74, 6) is -1.69. The van der Waals surface area contributed by atoms with Gasteiger partial charge in [-0.1, -0.05) is 24.3 Å². The summed E-state index contributed by atoms with van der Waals surface area (Å²) in [4.78, 5) is 32.0. The summed E-state index contributed by atoms with van der Waals surface area (Å²) in [6.45, 7) is 0.166. The molecule has 1 amide bonds. The van der Waals surface area contributed by atoms with Crippen LogP contribution in [0.1, 0.15) is 11.1 Å². The number of allylic oxidation sites excluding steroid dienone is 1. The lowest BCUT2D eigenvalue weighted by atomic mass is 10.0. The van der Waals surface area contributed by atoms with Crippen LogP contribution in [-0.2, 0) is 27.3 Å². The molecule has 0 heterocycles. The van der Waals surface area contributed by atoms with E-state index in [4.69, 9.17) is 10.8 Å². The fourth-order valence-corrected chi connectivity index (χ4v) is 1.60. The molecule has 0 radical (unpaired) electrons. The molecule has 1 rings (SSSR count). The van der Waals surface area contributed by atoms with Gasteiger partial charge < -0.3 is 16.2 Å². The molecule has 0 aliphatic rings. The van der Waals surface area contributed by atoms with Crippen molar-refractivity contribution in [3.63, 3.8) is 0 Å². The molecule has 0 aliphatic heterocycles. The number of hydrogen-bond acceptors (Lipinski definition) is 4. The van der Waals surface area contributed by atoms with Crippen molar-refractivity contribution in [2.75, 3.05) is 0 Å². The zero-order valence-electron chi connectivity index (χ0n) is 11.1. The molecular weight excluding hydrogens is 279 g/mol. The van der Waals surface area contributed by atoms with Crippen molar-refractivity contribution in [2.24, 2.45) is 5.73 Å². The fourth-order valence-electron chi connectivity index (χ4n) is 1.60. The van der Waals surface area contributed by atoms with Crippen molar-refractivity contribution < 1.29 is 23.9 Å². The fraction of sp³-hybridized carbons (Fsp3) is 0.214. The number of nitrogens with one attached hydrogen (secondary N) is 1. The van der Waals surface area contributed by atoms with Gasteiger partial charge in [0.1, 0.15) is 6.04 Å². The van der Waals surface area contributed by atoms with Crippen LogP contribution in [0.2, 0.25) is 0 Å². The number of carboxylic acids is 1. The highest BCUT2D eigenvalue weighted by atomic mass is 19.1. The number of rotatable bonds is 7. The van der Waals surface area contributed by atoms with E-state index in [0.29, 0.717) is 6.08 Å². The van der Waals surface area contributed by atoms with Crippen LogP contribution < -0.4 is 11.1 Å². The number of aliphatic carboxylic acids is 1. The molecule has 1 aromatic carbocycles. The second kappa shape index (κ2) is 7.91. The molecule has 0 bridgehead atoms. The average molecular weight is 294 g/mol. The van der Waals surface area contributed by atoms with E-state index in [9.17, 15) is 18.8 Å². The monoisotopic (exact) mass is 294 g/mol. The van der Waals surface area contributed by atoms with Crippen molar-refractivity contribution in [3.05, 3.63) is 47.5 Å². The number of benzene rings is 1. The Balaban J connectivity index is 2.59. The highest BCUT2D eigenvalue weighted by Gasteiger charge is 2.12. The highest BCUT2D eigenvalue weighted by molar-refractivity contribution is 5.94. The molecule has 7 heteroatoms. The summed E-state index contributed by atoms with van der Waals surface area (Å²) >= 11 is 0. The Bertz CT molecular complexity index is 572. The Kier molecular flexibility index (Phi) is 6.22. The van der Waals surface area contributed by atoms with E-state index in [2.05, 4.69) is 5.32 Å². The van der Waals surface area contributed by atoms with E-state index in [0.717, 1.165) is 17.2 Å². The Morgan fingerprint density at radius 1 is 1.29 bits per heavy atom. The topological polar surface area (TPSA) is 109 Å². The number of hydrogen-bond donors (Lipinski definition) is 3. The second-order valence-electron chi connectivity index (χ2n) is 4.32. The van der Waals surface area contributed by atoms with E-state index >= 15 is 0 Å². The highest BCUT2D eigenvalue weighted by Crippen LogP contribution is 2.07. The van der Waals surface area contributed by atoms with Crippen LogP contribution in [-0.4, -0.2) is 29.1 Å². The van der Waals surface area contributed by atoms with Gasteiger partial charge in [-0.25, -0.2) is 0 Å². The minimum absolute atomic E-state index is 0.166. The minimum Gasteiger partial charge on any atom is -0.480 e. The van der Waals surface area contributed by atoms with Crippen LogP contribution >= 0.6 is 0 Å². The molecule has 0 aliphatic carbocycles. The van der Waals surface area contributed by atoms with Gasteiger partial charge in [0, 0.05) is 18.7 Å². The van der Waals surface area contributed by atoms with Gasteiger partial charge in [0.2, 0.25) is 5.91 Å². The predicted molar refractivity (Wildman–Crippen MR) is 72.9 cm³/mol. The maximum absolute atomic E-state index is 11.9. The van der Waals surface area contributed by atoms with Gasteiger partial charge in [-0.3, -0.25) is 14.4 Å². The summed E-state index contributed by atoms with van der Waals surface area (Å²) in [6, 6.07) is 4.21. The molecular formula is C14H15FN2O4. The van der Waals surface area contributed by atoms with E-state index in [1.807, 2.05) is 0 Å². The predicted octanol–water partition coefficient (Wildman–Crippen LogP) is 0.309. The SMILES string of the molecule is N[C@@H](Cc1cccc(CNC(=O)/C=C/C(=O)F)c1)C(=O)O. The van der Waals surface area contributed by atoms with Crippen LogP contribution in [0.25, 0.3) is 0 Å². The Hall–Kier alpha value is -2.54. The van der Waals surface area contributed by atoms with Crippen molar-refractivity contribution in [2.45, 2.75) is 19.0 Å². The van der Waals surface area contributed by atoms with E-state index < -0.39 is 24.0 Å². The van der Waals surface area contributed by atoms with Gasteiger partial charge in [-0.2, -0.15) is 4.39 Å². The van der Waals surface area contributed by atoms with Gasteiger partial charge >= 0.3 is 12.0 Å². The first kappa shape index (κ1) is 16.5. The minimum atomic E-state index is -1.70. The molecule has 0 saturated carbocycles. The molecule has 0 saturated heterocycles. The van der Waals surface area contributed by atoms with Crippen LogP contribution in [0.15, 0.2) is 36.4 Å². The second-order valence-corrected chi connectivity index (χ2v) is 4.32. The lowest BCUT2D eigenvalue weighted by molar-refractivity contribution is -0.138. The quantitative estimate of drug-likeness (QED) is 0.495. The molecule has 1 atom stereocenters. The lowest BCUT2D eigenvalue weighted by Gasteiger charge is -2.08. The number of halogens is 1. The Morgan fingerprint density at radius 3 is 2.57 bits per heavy atom. The van der Waals surface area contributed by atoms with Crippen molar-refractivity contribution in [1.82, 2.24) is 5.32 Å². The molecule has 6 nitrogen and oxygen atoms in total. The molecule has 0 spiro atoms. The molecule has 112 valence electrons. The largest absolute Gasteiger partial charge is 0.480 e. The first-order valence-electron chi connectivity index (χ1n) is 6.10. The molecule has 21 heavy (non-hydrogen) atoms. The van der Waals surface area contributed by atoms with Gasteiger partial charge in [-0.15, -0.1) is 0 Å². The van der Waals surface area contributed by atoms with Gasteiger partial charge in [-0.05, 0) is 17.5 Å². The first-order chi connectivity index (χ1) is 9.88. The number of carbonyl (C=O) groups is 3. The van der Waals surface area contributed by atoms with E-state index in [1.54, 1.807) is 24.3 Å². The summed E-state index contributed by atoms with van der Waals surface area (Å²) in [7, 11) is 0. The van der Waals surface area contributed by atoms with Crippen LogP contribution in [0.5, 0.6) is 0 Å². The third-order valence-electron chi connectivity index (χ3n) is 2.60. The number of carboxylic acid groups (broad SMARTS) is 1. The zero-order chi connectivity index (χ0) is 15.8. The maximum atomic E-state index is 11.9. The first-order valence-corrected chi connectivity index (χ1v) is 6.10. The summed E-state index contributed by atoms with van der Waals surface area (Å²) in [6.07, 6.45) is 1.50. The molecule has 1 aromatic rings. The summed E-state index contributed by atoms with van der Waals surface area (Å²) in [5, 5.41) is 11.2. The van der Waals surface area contributed by atoms with Crippen LogP contribution in [0.3, 0.4) is 0 Å². The van der Waals surface area contributed by atoms with Gasteiger partial charge in [0.15, 0.2) is 0 Å². The molecule has 0 fully saturated rings. The van der Waals surface area contributed by atoms with E-state index in [-0.39, 0.29) is 13.0 Å². The number of nitrogens with two attached hydrogens (primary N) is 1. The van der Waals surface area contributed by atoms with Crippen LogP contribution in [0.4, 0.5) is 4.39 Å². The van der Waals surface area contributed by atoms with Crippen molar-refractivity contribution >= 4 is 17.9 Å².